The topological polar surface area (TPSA) is 34.1 Å². The molecule has 0 amide bonds. The standard InChI is InChI=1S/C11H13ClO2S/c1-10-4-6-11(7-5-10)15(13,14)9-3-2-8-12/h2-7H,8-9H2,1H3. The zero-order valence-electron chi connectivity index (χ0n) is 8.48. The molecule has 0 aliphatic carbocycles. The number of alkyl halides is 1. The average molecular weight is 245 g/mol. The van der Waals surface area contributed by atoms with Crippen molar-refractivity contribution in [2.24, 2.45) is 0 Å². The van der Waals surface area contributed by atoms with Crippen LogP contribution in [0, 0.1) is 6.92 Å². The Hall–Kier alpha value is -0.800. The lowest BCUT2D eigenvalue weighted by Gasteiger charge is -2.01. The largest absolute Gasteiger partial charge is 0.223 e. The maximum Gasteiger partial charge on any atom is 0.181 e. The van der Waals surface area contributed by atoms with Gasteiger partial charge in [-0.1, -0.05) is 29.8 Å². The second kappa shape index (κ2) is 5.33. The van der Waals surface area contributed by atoms with Crippen LogP contribution in [0.25, 0.3) is 0 Å². The molecule has 15 heavy (non-hydrogen) atoms. The van der Waals surface area contributed by atoms with Crippen LogP contribution in [0.2, 0.25) is 0 Å². The van der Waals surface area contributed by atoms with Crippen LogP contribution in [0.15, 0.2) is 41.3 Å². The molecule has 0 aliphatic rings. The van der Waals surface area contributed by atoms with E-state index in [4.69, 9.17) is 11.6 Å². The zero-order valence-corrected chi connectivity index (χ0v) is 10.1. The van der Waals surface area contributed by atoms with Crippen LogP contribution in [0.1, 0.15) is 5.56 Å². The molecule has 2 nitrogen and oxygen atoms in total. The molecule has 0 unspecified atom stereocenters. The number of sulfone groups is 1. The molecule has 0 atom stereocenters. The van der Waals surface area contributed by atoms with E-state index in [0.717, 1.165) is 5.56 Å². The van der Waals surface area contributed by atoms with Crippen LogP contribution in [0.4, 0.5) is 0 Å². The SMILES string of the molecule is Cc1ccc(S(=O)(=O)CC=CCCl)cc1. The summed E-state index contributed by atoms with van der Waals surface area (Å²) in [6, 6.07) is 6.83. The fourth-order valence-electron chi connectivity index (χ4n) is 1.10. The monoisotopic (exact) mass is 244 g/mol. The summed E-state index contributed by atoms with van der Waals surface area (Å²) in [6.07, 6.45) is 3.20. The predicted octanol–water partition coefficient (Wildman–Crippen LogP) is 2.56. The van der Waals surface area contributed by atoms with Gasteiger partial charge in [0.05, 0.1) is 10.6 Å². The summed E-state index contributed by atoms with van der Waals surface area (Å²) in [5.41, 5.74) is 1.05. The first-order valence-electron chi connectivity index (χ1n) is 4.56. The highest BCUT2D eigenvalue weighted by molar-refractivity contribution is 7.91. The molecule has 1 aromatic carbocycles. The van der Waals surface area contributed by atoms with Crippen molar-refractivity contribution in [1.29, 1.82) is 0 Å². The van der Waals surface area contributed by atoms with Gasteiger partial charge in [0, 0.05) is 5.88 Å². The van der Waals surface area contributed by atoms with Gasteiger partial charge < -0.3 is 0 Å². The first-order valence-corrected chi connectivity index (χ1v) is 6.75. The Morgan fingerprint density at radius 2 is 1.80 bits per heavy atom. The average Bonchev–Trinajstić information content (AvgIpc) is 2.18. The van der Waals surface area contributed by atoms with E-state index in [-0.39, 0.29) is 5.75 Å². The van der Waals surface area contributed by atoms with E-state index in [2.05, 4.69) is 0 Å². The Balaban J connectivity index is 2.87. The van der Waals surface area contributed by atoms with Crippen molar-refractivity contribution >= 4 is 21.4 Å². The molecule has 0 aliphatic heterocycles. The molecule has 0 saturated heterocycles. The van der Waals surface area contributed by atoms with Crippen molar-refractivity contribution in [1.82, 2.24) is 0 Å². The van der Waals surface area contributed by atoms with E-state index in [1.807, 2.05) is 6.92 Å². The Labute approximate surface area is 95.5 Å². The highest BCUT2D eigenvalue weighted by Gasteiger charge is 2.11. The van der Waals surface area contributed by atoms with Gasteiger partial charge in [0.25, 0.3) is 0 Å². The Morgan fingerprint density at radius 3 is 2.33 bits per heavy atom. The number of benzene rings is 1. The van der Waals surface area contributed by atoms with Gasteiger partial charge in [-0.05, 0) is 19.1 Å². The molecule has 4 heteroatoms. The highest BCUT2D eigenvalue weighted by atomic mass is 35.5. The Bertz CT molecular complexity index is 432. The quantitative estimate of drug-likeness (QED) is 0.603. The van der Waals surface area contributed by atoms with Gasteiger partial charge in [0.2, 0.25) is 0 Å². The summed E-state index contributed by atoms with van der Waals surface area (Å²) in [6.45, 7) is 1.92. The number of rotatable bonds is 4. The summed E-state index contributed by atoms with van der Waals surface area (Å²) in [5.74, 6) is 0.339. The lowest BCUT2D eigenvalue weighted by atomic mass is 10.2. The highest BCUT2D eigenvalue weighted by Crippen LogP contribution is 2.12. The minimum Gasteiger partial charge on any atom is -0.223 e. The smallest absolute Gasteiger partial charge is 0.181 e. The first-order chi connectivity index (χ1) is 7.06. The number of halogens is 1. The molecule has 0 N–H and O–H groups in total. The normalized spacial score (nSPS) is 12.1. The van der Waals surface area contributed by atoms with Gasteiger partial charge in [-0.15, -0.1) is 11.6 Å². The van der Waals surface area contributed by atoms with Crippen LogP contribution in [0.5, 0.6) is 0 Å². The van der Waals surface area contributed by atoms with Gasteiger partial charge >= 0.3 is 0 Å². The van der Waals surface area contributed by atoms with Crippen molar-refractivity contribution in [2.45, 2.75) is 11.8 Å². The molecule has 82 valence electrons. The summed E-state index contributed by atoms with van der Waals surface area (Å²) in [5, 5.41) is 0. The van der Waals surface area contributed by atoms with E-state index in [1.54, 1.807) is 36.4 Å². The van der Waals surface area contributed by atoms with Crippen LogP contribution in [0.3, 0.4) is 0 Å². The Morgan fingerprint density at radius 1 is 1.20 bits per heavy atom. The van der Waals surface area contributed by atoms with Gasteiger partial charge in [-0.25, -0.2) is 8.42 Å². The van der Waals surface area contributed by atoms with Crippen LogP contribution in [-0.2, 0) is 9.84 Å². The number of allylic oxidation sites excluding steroid dienone is 1. The van der Waals surface area contributed by atoms with Gasteiger partial charge in [-0.3, -0.25) is 0 Å². The Kier molecular flexibility index (Phi) is 4.36. The molecule has 1 aromatic rings. The number of hydrogen-bond donors (Lipinski definition) is 0. The van der Waals surface area contributed by atoms with Crippen LogP contribution in [-0.4, -0.2) is 20.1 Å². The van der Waals surface area contributed by atoms with Crippen molar-refractivity contribution < 1.29 is 8.42 Å². The summed E-state index contributed by atoms with van der Waals surface area (Å²) < 4.78 is 23.4. The van der Waals surface area contributed by atoms with E-state index >= 15 is 0 Å². The fourth-order valence-corrected chi connectivity index (χ4v) is 2.36. The predicted molar refractivity (Wildman–Crippen MR) is 63.1 cm³/mol. The number of hydrogen-bond acceptors (Lipinski definition) is 2. The van der Waals surface area contributed by atoms with Crippen LogP contribution >= 0.6 is 11.6 Å². The molecule has 0 spiro atoms. The minimum atomic E-state index is -3.19. The second-order valence-electron chi connectivity index (χ2n) is 3.22. The molecular formula is C11H13ClO2S. The van der Waals surface area contributed by atoms with Crippen molar-refractivity contribution in [3.63, 3.8) is 0 Å². The van der Waals surface area contributed by atoms with E-state index in [1.165, 1.54) is 0 Å². The number of aryl methyl sites for hydroxylation is 1. The summed E-state index contributed by atoms with van der Waals surface area (Å²) in [7, 11) is -3.19. The minimum absolute atomic E-state index is 0.00276. The molecule has 1 rings (SSSR count). The third-order valence-electron chi connectivity index (χ3n) is 1.95. The lowest BCUT2D eigenvalue weighted by Crippen LogP contribution is -2.04. The maximum absolute atomic E-state index is 11.7. The van der Waals surface area contributed by atoms with E-state index < -0.39 is 9.84 Å². The van der Waals surface area contributed by atoms with Crippen LogP contribution < -0.4 is 0 Å². The molecule has 0 bridgehead atoms. The molecular weight excluding hydrogens is 232 g/mol. The molecule has 0 heterocycles. The van der Waals surface area contributed by atoms with Crippen molar-refractivity contribution in [3.05, 3.63) is 42.0 Å². The molecule has 0 aromatic heterocycles. The third-order valence-corrected chi connectivity index (χ3v) is 3.75. The molecule has 0 fully saturated rings. The van der Waals surface area contributed by atoms with Crippen molar-refractivity contribution in [3.8, 4) is 0 Å². The first kappa shape index (κ1) is 12.3. The van der Waals surface area contributed by atoms with Gasteiger partial charge in [0.15, 0.2) is 9.84 Å². The zero-order chi connectivity index (χ0) is 11.3. The van der Waals surface area contributed by atoms with Crippen molar-refractivity contribution in [2.75, 3.05) is 11.6 Å². The third kappa shape index (κ3) is 3.68. The van der Waals surface area contributed by atoms with Gasteiger partial charge in [-0.2, -0.15) is 0 Å². The molecule has 0 saturated carbocycles. The van der Waals surface area contributed by atoms with Gasteiger partial charge in [0.1, 0.15) is 0 Å². The molecule has 0 radical (unpaired) electrons. The fraction of sp³-hybridized carbons (Fsp3) is 0.273. The summed E-state index contributed by atoms with van der Waals surface area (Å²) >= 11 is 5.42. The maximum atomic E-state index is 11.7. The van der Waals surface area contributed by atoms with E-state index in [9.17, 15) is 8.42 Å². The van der Waals surface area contributed by atoms with E-state index in [0.29, 0.717) is 10.8 Å². The lowest BCUT2D eigenvalue weighted by molar-refractivity contribution is 0.599. The second-order valence-corrected chi connectivity index (χ2v) is 5.56. The summed E-state index contributed by atoms with van der Waals surface area (Å²) in [4.78, 5) is 0.354.